The number of aromatic hydroxyl groups is 1. The van der Waals surface area contributed by atoms with Crippen molar-refractivity contribution in [3.05, 3.63) is 22.7 Å². The molecule has 1 aromatic rings. The minimum absolute atomic E-state index is 0.0590. The summed E-state index contributed by atoms with van der Waals surface area (Å²) < 4.78 is 4.88. The Kier molecular flexibility index (Phi) is 3.39. The van der Waals surface area contributed by atoms with Gasteiger partial charge in [-0.25, -0.2) is 0 Å². The van der Waals surface area contributed by atoms with Crippen LogP contribution in [-0.2, 0) is 4.79 Å². The second-order valence-corrected chi connectivity index (χ2v) is 3.27. The van der Waals surface area contributed by atoms with Crippen LogP contribution in [0.4, 0.5) is 0 Å². The van der Waals surface area contributed by atoms with E-state index in [1.54, 1.807) is 0 Å². The number of benzene rings is 1. The van der Waals surface area contributed by atoms with Crippen LogP contribution < -0.4 is 10.5 Å². The molecule has 1 unspecified atom stereocenters. The van der Waals surface area contributed by atoms with Gasteiger partial charge in [0.05, 0.1) is 12.1 Å². The van der Waals surface area contributed by atoms with Crippen molar-refractivity contribution in [1.29, 1.82) is 0 Å². The van der Waals surface area contributed by atoms with Gasteiger partial charge in [0.25, 0.3) is 0 Å². The summed E-state index contributed by atoms with van der Waals surface area (Å²) in [7, 11) is 1.38. The van der Waals surface area contributed by atoms with Crippen LogP contribution in [0.3, 0.4) is 0 Å². The molecule has 82 valence electrons. The van der Waals surface area contributed by atoms with E-state index in [2.05, 4.69) is 0 Å². The van der Waals surface area contributed by atoms with Gasteiger partial charge in [0.1, 0.15) is 17.5 Å². The number of aliphatic carboxylic acids is 1. The highest BCUT2D eigenvalue weighted by Gasteiger charge is 2.20. The third kappa shape index (κ3) is 2.31. The predicted octanol–water partition coefficient (Wildman–Crippen LogP) is 1.14. The highest BCUT2D eigenvalue weighted by Crippen LogP contribution is 2.34. The Labute approximate surface area is 91.0 Å². The lowest BCUT2D eigenvalue weighted by Crippen LogP contribution is -2.20. The van der Waals surface area contributed by atoms with E-state index in [1.807, 2.05) is 0 Å². The molecule has 0 spiro atoms. The normalized spacial score (nSPS) is 12.2. The number of halogens is 1. The second-order valence-electron chi connectivity index (χ2n) is 2.86. The van der Waals surface area contributed by atoms with Gasteiger partial charge in [0, 0.05) is 11.6 Å². The molecule has 0 radical (unpaired) electrons. The molecular weight excluding hydrogens is 222 g/mol. The molecule has 0 heterocycles. The van der Waals surface area contributed by atoms with Crippen LogP contribution >= 0.6 is 11.6 Å². The molecule has 0 saturated carbocycles. The standard InChI is InChI=1S/C9H10ClNO4/c1-15-7-2-4(8(11)9(13)14)6(12)3-5(7)10/h2-3,8,12H,11H2,1H3,(H,13,14). The van der Waals surface area contributed by atoms with Crippen LogP contribution in [0, 0.1) is 0 Å². The maximum atomic E-state index is 10.6. The first-order valence-electron chi connectivity index (χ1n) is 4.02. The summed E-state index contributed by atoms with van der Waals surface area (Å²) in [6, 6.07) is 1.19. The number of nitrogens with two attached hydrogens (primary N) is 1. The summed E-state index contributed by atoms with van der Waals surface area (Å²) in [5, 5.41) is 18.3. The van der Waals surface area contributed by atoms with Gasteiger partial charge >= 0.3 is 5.97 Å². The van der Waals surface area contributed by atoms with E-state index in [0.29, 0.717) is 0 Å². The lowest BCUT2D eigenvalue weighted by Gasteiger charge is -2.11. The average Bonchev–Trinajstić information content (AvgIpc) is 2.17. The number of carbonyl (C=O) groups is 1. The van der Waals surface area contributed by atoms with Crippen molar-refractivity contribution in [2.24, 2.45) is 5.73 Å². The van der Waals surface area contributed by atoms with E-state index in [9.17, 15) is 9.90 Å². The van der Waals surface area contributed by atoms with Crippen LogP contribution in [0.15, 0.2) is 12.1 Å². The fourth-order valence-electron chi connectivity index (χ4n) is 1.10. The summed E-state index contributed by atoms with van der Waals surface area (Å²) in [6.07, 6.45) is 0. The molecule has 0 saturated heterocycles. The molecule has 0 aromatic heterocycles. The molecule has 0 aliphatic heterocycles. The summed E-state index contributed by atoms with van der Waals surface area (Å²) >= 11 is 5.71. The van der Waals surface area contributed by atoms with E-state index >= 15 is 0 Å². The van der Waals surface area contributed by atoms with E-state index in [4.69, 9.17) is 27.2 Å². The van der Waals surface area contributed by atoms with Gasteiger partial charge in [-0.2, -0.15) is 0 Å². The smallest absolute Gasteiger partial charge is 0.325 e. The SMILES string of the molecule is COc1cc(C(N)C(=O)O)c(O)cc1Cl. The molecule has 1 rings (SSSR count). The van der Waals surface area contributed by atoms with E-state index in [0.717, 1.165) is 0 Å². The predicted molar refractivity (Wildman–Crippen MR) is 54.2 cm³/mol. The summed E-state index contributed by atoms with van der Waals surface area (Å²) in [5.41, 5.74) is 5.41. The second kappa shape index (κ2) is 4.37. The van der Waals surface area contributed by atoms with Crippen molar-refractivity contribution in [1.82, 2.24) is 0 Å². The summed E-state index contributed by atoms with van der Waals surface area (Å²) in [5.74, 6) is -1.24. The lowest BCUT2D eigenvalue weighted by atomic mass is 10.1. The molecule has 15 heavy (non-hydrogen) atoms. The molecule has 0 aliphatic carbocycles. The maximum Gasteiger partial charge on any atom is 0.325 e. The van der Waals surface area contributed by atoms with E-state index < -0.39 is 12.0 Å². The van der Waals surface area contributed by atoms with Gasteiger partial charge in [0.2, 0.25) is 0 Å². The van der Waals surface area contributed by atoms with Crippen molar-refractivity contribution < 1.29 is 19.7 Å². The largest absolute Gasteiger partial charge is 0.508 e. The third-order valence-corrected chi connectivity index (χ3v) is 2.20. The Morgan fingerprint density at radius 2 is 2.20 bits per heavy atom. The van der Waals surface area contributed by atoms with Crippen molar-refractivity contribution >= 4 is 17.6 Å². The molecule has 1 aromatic carbocycles. The number of phenolic OH excluding ortho intramolecular Hbond substituents is 1. The zero-order valence-electron chi connectivity index (χ0n) is 7.90. The monoisotopic (exact) mass is 231 g/mol. The van der Waals surface area contributed by atoms with Crippen LogP contribution in [0.2, 0.25) is 5.02 Å². The minimum Gasteiger partial charge on any atom is -0.508 e. The zero-order chi connectivity index (χ0) is 11.6. The van der Waals surface area contributed by atoms with Crippen LogP contribution in [0.1, 0.15) is 11.6 Å². The molecule has 6 heteroatoms. The molecule has 1 atom stereocenters. The van der Waals surface area contributed by atoms with Crippen molar-refractivity contribution in [2.75, 3.05) is 7.11 Å². The molecule has 0 aliphatic rings. The number of carboxylic acid groups (broad SMARTS) is 1. The Morgan fingerprint density at radius 3 is 2.67 bits per heavy atom. The van der Waals surface area contributed by atoms with Gasteiger partial charge in [-0.1, -0.05) is 11.6 Å². The van der Waals surface area contributed by atoms with Gasteiger partial charge in [-0.05, 0) is 6.07 Å². The first-order chi connectivity index (χ1) is 6.97. The quantitative estimate of drug-likeness (QED) is 0.725. The maximum absolute atomic E-state index is 10.6. The number of carboxylic acids is 1. The molecule has 0 bridgehead atoms. The molecule has 0 amide bonds. The number of hydrogen-bond donors (Lipinski definition) is 3. The molecule has 0 fully saturated rings. The number of phenols is 1. The van der Waals surface area contributed by atoms with Gasteiger partial charge < -0.3 is 20.7 Å². The Balaban J connectivity index is 3.24. The van der Waals surface area contributed by atoms with Gasteiger partial charge in [-0.15, -0.1) is 0 Å². The Bertz CT molecular complexity index is 394. The van der Waals surface area contributed by atoms with Crippen molar-refractivity contribution in [3.63, 3.8) is 0 Å². The topological polar surface area (TPSA) is 92.8 Å². The van der Waals surface area contributed by atoms with Crippen molar-refractivity contribution in [3.8, 4) is 11.5 Å². The van der Waals surface area contributed by atoms with Crippen LogP contribution in [0.25, 0.3) is 0 Å². The highest BCUT2D eigenvalue weighted by molar-refractivity contribution is 6.32. The lowest BCUT2D eigenvalue weighted by molar-refractivity contribution is -0.138. The number of ether oxygens (including phenoxy) is 1. The first-order valence-corrected chi connectivity index (χ1v) is 4.40. The van der Waals surface area contributed by atoms with Gasteiger partial charge in [0.15, 0.2) is 0 Å². The van der Waals surface area contributed by atoms with Crippen LogP contribution in [0.5, 0.6) is 11.5 Å². The van der Waals surface area contributed by atoms with Crippen molar-refractivity contribution in [2.45, 2.75) is 6.04 Å². The Hall–Kier alpha value is -1.46. The summed E-state index contributed by atoms with van der Waals surface area (Å²) in [4.78, 5) is 10.6. The van der Waals surface area contributed by atoms with E-state index in [-0.39, 0.29) is 22.1 Å². The Morgan fingerprint density at radius 1 is 1.60 bits per heavy atom. The minimum atomic E-state index is -1.31. The average molecular weight is 232 g/mol. The highest BCUT2D eigenvalue weighted by atomic mass is 35.5. The fourth-order valence-corrected chi connectivity index (χ4v) is 1.33. The van der Waals surface area contributed by atoms with Crippen LogP contribution in [-0.4, -0.2) is 23.3 Å². The first kappa shape index (κ1) is 11.6. The summed E-state index contributed by atoms with van der Waals surface area (Å²) in [6.45, 7) is 0. The van der Waals surface area contributed by atoms with Gasteiger partial charge in [-0.3, -0.25) is 4.79 Å². The molecule has 4 N–H and O–H groups in total. The number of hydrogen-bond acceptors (Lipinski definition) is 4. The number of rotatable bonds is 3. The zero-order valence-corrected chi connectivity index (χ0v) is 8.65. The third-order valence-electron chi connectivity index (χ3n) is 1.90. The van der Waals surface area contributed by atoms with E-state index in [1.165, 1.54) is 19.2 Å². The molecular formula is C9H10ClNO4. The number of methoxy groups -OCH3 is 1. The molecule has 5 nitrogen and oxygen atoms in total. The fraction of sp³-hybridized carbons (Fsp3) is 0.222.